The van der Waals surface area contributed by atoms with Crippen molar-refractivity contribution in [1.82, 2.24) is 14.4 Å². The summed E-state index contributed by atoms with van der Waals surface area (Å²) in [6, 6.07) is 8.70. The van der Waals surface area contributed by atoms with Gasteiger partial charge in [-0.3, -0.25) is 4.40 Å². The molecule has 4 aromatic rings. The van der Waals surface area contributed by atoms with Crippen LogP contribution in [0.4, 0.5) is 24.0 Å². The number of aryl methyl sites for hydroxylation is 1. The lowest BCUT2D eigenvalue weighted by molar-refractivity contribution is -0.140. The third kappa shape index (κ3) is 3.75. The monoisotopic (exact) mass is 438 g/mol. The molecule has 0 saturated heterocycles. The van der Waals surface area contributed by atoms with E-state index in [4.69, 9.17) is 16.3 Å². The minimum atomic E-state index is -4.65. The lowest BCUT2D eigenvalue weighted by Gasteiger charge is -2.07. The van der Waals surface area contributed by atoms with Crippen molar-refractivity contribution in [1.29, 1.82) is 0 Å². The van der Waals surface area contributed by atoms with E-state index < -0.39 is 11.9 Å². The number of imidazole rings is 1. The molecule has 0 bridgehead atoms. The van der Waals surface area contributed by atoms with Gasteiger partial charge < -0.3 is 10.1 Å². The van der Waals surface area contributed by atoms with Gasteiger partial charge in [0, 0.05) is 17.3 Å². The van der Waals surface area contributed by atoms with Crippen LogP contribution in [0.5, 0.6) is 5.75 Å². The Morgan fingerprint density at radius 3 is 2.55 bits per heavy atom. The van der Waals surface area contributed by atoms with Crippen LogP contribution in [0.3, 0.4) is 0 Å². The summed E-state index contributed by atoms with van der Waals surface area (Å²) >= 11 is 7.33. The van der Waals surface area contributed by atoms with Crippen molar-refractivity contribution in [2.45, 2.75) is 13.1 Å². The summed E-state index contributed by atoms with van der Waals surface area (Å²) in [5.41, 5.74) is 0.481. The largest absolute Gasteiger partial charge is 0.497 e. The number of hydrogen-bond acceptors (Lipinski definition) is 5. The number of thiazole rings is 1. The summed E-state index contributed by atoms with van der Waals surface area (Å²) in [5.74, 6) is 0.697. The summed E-state index contributed by atoms with van der Waals surface area (Å²) in [7, 11) is 1.57. The molecule has 4 rings (SSSR count). The minimum Gasteiger partial charge on any atom is -0.497 e. The van der Waals surface area contributed by atoms with E-state index in [2.05, 4.69) is 15.3 Å². The van der Waals surface area contributed by atoms with E-state index in [-0.39, 0.29) is 22.1 Å². The van der Waals surface area contributed by atoms with Crippen LogP contribution in [0, 0.1) is 6.92 Å². The van der Waals surface area contributed by atoms with E-state index in [0.717, 1.165) is 5.69 Å². The molecule has 29 heavy (non-hydrogen) atoms. The van der Waals surface area contributed by atoms with Crippen molar-refractivity contribution >= 4 is 39.4 Å². The molecule has 0 aliphatic heterocycles. The molecule has 1 aromatic carbocycles. The highest BCUT2D eigenvalue weighted by molar-refractivity contribution is 7.14. The molecule has 3 heterocycles. The van der Waals surface area contributed by atoms with Gasteiger partial charge >= 0.3 is 6.18 Å². The predicted octanol–water partition coefficient (Wildman–Crippen LogP) is 6.19. The Morgan fingerprint density at radius 2 is 1.90 bits per heavy atom. The first-order valence-corrected chi connectivity index (χ1v) is 9.64. The van der Waals surface area contributed by atoms with Gasteiger partial charge in [0.15, 0.2) is 16.5 Å². The highest BCUT2D eigenvalue weighted by Crippen LogP contribution is 2.39. The average molecular weight is 439 g/mol. The minimum absolute atomic E-state index is 0.0391. The van der Waals surface area contributed by atoms with Gasteiger partial charge in [-0.1, -0.05) is 11.6 Å². The summed E-state index contributed by atoms with van der Waals surface area (Å²) < 4.78 is 47.4. The van der Waals surface area contributed by atoms with Gasteiger partial charge in [-0.15, -0.1) is 11.3 Å². The Balaban J connectivity index is 1.78. The number of methoxy groups -OCH3 is 1. The lowest BCUT2D eigenvalue weighted by Crippen LogP contribution is -2.08. The fraction of sp³-hybridized carbons (Fsp3) is 0.158. The van der Waals surface area contributed by atoms with E-state index in [1.165, 1.54) is 15.7 Å². The van der Waals surface area contributed by atoms with E-state index in [9.17, 15) is 13.2 Å². The highest BCUT2D eigenvalue weighted by Gasteiger charge is 2.39. The molecule has 0 atom stereocenters. The third-order valence-electron chi connectivity index (χ3n) is 4.17. The molecular formula is C19H14ClF3N4OS. The van der Waals surface area contributed by atoms with Crippen molar-refractivity contribution in [3.05, 3.63) is 58.2 Å². The number of halogens is 4. The number of nitrogens with zero attached hydrogens (tertiary/aromatic N) is 3. The average Bonchev–Trinajstić information content (AvgIpc) is 3.26. The van der Waals surface area contributed by atoms with Crippen molar-refractivity contribution in [3.63, 3.8) is 0 Å². The molecule has 0 saturated carbocycles. The maximum atomic E-state index is 13.7. The fourth-order valence-electron chi connectivity index (χ4n) is 2.91. The second-order valence-electron chi connectivity index (χ2n) is 6.26. The second kappa shape index (κ2) is 7.23. The van der Waals surface area contributed by atoms with Crippen molar-refractivity contribution in [3.8, 4) is 17.1 Å². The van der Waals surface area contributed by atoms with Crippen LogP contribution in [0.25, 0.3) is 17.0 Å². The number of benzene rings is 1. The molecule has 0 amide bonds. The number of rotatable bonds is 4. The van der Waals surface area contributed by atoms with Crippen LogP contribution in [-0.2, 0) is 6.18 Å². The highest BCUT2D eigenvalue weighted by atomic mass is 35.5. The Morgan fingerprint density at radius 1 is 1.17 bits per heavy atom. The molecule has 5 nitrogen and oxygen atoms in total. The fourth-order valence-corrected chi connectivity index (χ4v) is 3.93. The Hall–Kier alpha value is -2.78. The maximum absolute atomic E-state index is 13.7. The molecule has 1 N–H and O–H groups in total. The van der Waals surface area contributed by atoms with E-state index in [1.54, 1.807) is 55.9 Å². The topological polar surface area (TPSA) is 51.5 Å². The number of ether oxygens (including phenoxy) is 1. The zero-order chi connectivity index (χ0) is 20.8. The molecular weight excluding hydrogens is 425 g/mol. The number of nitrogens with one attached hydrogen (secondary N) is 1. The zero-order valence-electron chi connectivity index (χ0n) is 15.2. The SMILES string of the molecule is COc1ccc(Nc2nc(-c3c(C(F)(F)F)nc4c(Cl)cc(C)cn34)cs2)cc1. The molecule has 0 fully saturated rings. The number of anilines is 2. The van der Waals surface area contributed by atoms with Crippen LogP contribution < -0.4 is 10.1 Å². The standard InChI is InChI=1S/C19H14ClF3N4OS/c1-10-7-13(20)17-26-16(19(21,22)23)15(27(17)8-10)14-9-29-18(25-14)24-11-3-5-12(28-2)6-4-11/h3-9H,1-2H3,(H,24,25). The van der Waals surface area contributed by atoms with Gasteiger partial charge in [-0.05, 0) is 42.8 Å². The first-order chi connectivity index (χ1) is 13.8. The molecule has 0 aliphatic carbocycles. The predicted molar refractivity (Wildman–Crippen MR) is 107 cm³/mol. The number of hydrogen-bond donors (Lipinski definition) is 1. The number of alkyl halides is 3. The molecule has 0 spiro atoms. The lowest BCUT2D eigenvalue weighted by atomic mass is 10.2. The zero-order valence-corrected chi connectivity index (χ0v) is 16.8. The van der Waals surface area contributed by atoms with Gasteiger partial charge in [0.05, 0.1) is 12.1 Å². The molecule has 0 aliphatic rings. The Kier molecular flexibility index (Phi) is 4.87. The number of aromatic nitrogens is 3. The first-order valence-electron chi connectivity index (χ1n) is 8.38. The molecule has 150 valence electrons. The summed E-state index contributed by atoms with van der Waals surface area (Å²) in [4.78, 5) is 8.10. The number of fused-ring (bicyclic) bond motifs is 1. The summed E-state index contributed by atoms with van der Waals surface area (Å²) in [6.07, 6.45) is -3.08. The normalized spacial score (nSPS) is 11.8. The maximum Gasteiger partial charge on any atom is 0.435 e. The van der Waals surface area contributed by atoms with Crippen LogP contribution in [-0.4, -0.2) is 21.5 Å². The van der Waals surface area contributed by atoms with E-state index >= 15 is 0 Å². The van der Waals surface area contributed by atoms with E-state index in [1.807, 2.05) is 0 Å². The smallest absolute Gasteiger partial charge is 0.435 e. The molecule has 0 unspecified atom stereocenters. The third-order valence-corrected chi connectivity index (χ3v) is 5.20. The quantitative estimate of drug-likeness (QED) is 0.412. The second-order valence-corrected chi connectivity index (χ2v) is 7.52. The summed E-state index contributed by atoms with van der Waals surface area (Å²) in [6.45, 7) is 1.75. The van der Waals surface area contributed by atoms with Gasteiger partial charge in [0.1, 0.15) is 17.1 Å². The van der Waals surface area contributed by atoms with Crippen LogP contribution in [0.2, 0.25) is 5.02 Å². The molecule has 3 aromatic heterocycles. The molecule has 10 heteroatoms. The van der Waals surface area contributed by atoms with Gasteiger partial charge in [-0.2, -0.15) is 13.2 Å². The van der Waals surface area contributed by atoms with Crippen LogP contribution in [0.15, 0.2) is 41.9 Å². The van der Waals surface area contributed by atoms with Crippen molar-refractivity contribution < 1.29 is 17.9 Å². The van der Waals surface area contributed by atoms with Crippen LogP contribution >= 0.6 is 22.9 Å². The van der Waals surface area contributed by atoms with Crippen molar-refractivity contribution in [2.75, 3.05) is 12.4 Å². The van der Waals surface area contributed by atoms with E-state index in [0.29, 0.717) is 16.4 Å². The van der Waals surface area contributed by atoms with Gasteiger partial charge in [0.2, 0.25) is 0 Å². The first kappa shape index (κ1) is 19.5. The Bertz CT molecular complexity index is 1180. The van der Waals surface area contributed by atoms with Gasteiger partial charge in [-0.25, -0.2) is 9.97 Å². The number of pyridine rings is 1. The Labute approximate surface area is 172 Å². The molecule has 0 radical (unpaired) electrons. The summed E-state index contributed by atoms with van der Waals surface area (Å²) in [5, 5.41) is 5.24. The van der Waals surface area contributed by atoms with Crippen LogP contribution in [0.1, 0.15) is 11.3 Å². The van der Waals surface area contributed by atoms with Gasteiger partial charge in [0.25, 0.3) is 0 Å². The van der Waals surface area contributed by atoms with Crippen molar-refractivity contribution in [2.24, 2.45) is 0 Å².